The van der Waals surface area contributed by atoms with Gasteiger partial charge in [-0.15, -0.1) is 0 Å². The summed E-state index contributed by atoms with van der Waals surface area (Å²) in [7, 11) is 4.75. The van der Waals surface area contributed by atoms with E-state index in [4.69, 9.17) is 9.47 Å². The maximum atomic E-state index is 13.1. The summed E-state index contributed by atoms with van der Waals surface area (Å²) in [5, 5.41) is 0. The van der Waals surface area contributed by atoms with E-state index in [0.29, 0.717) is 60.2 Å². The molecular weight excluding hydrogens is 386 g/mol. The highest BCUT2D eigenvalue weighted by atomic mass is 16.5. The predicted molar refractivity (Wildman–Crippen MR) is 112 cm³/mol. The van der Waals surface area contributed by atoms with Gasteiger partial charge in [0.25, 0.3) is 11.5 Å². The molecule has 1 aliphatic rings. The Morgan fingerprint density at radius 1 is 1.03 bits per heavy atom. The zero-order valence-electron chi connectivity index (χ0n) is 17.2. The lowest BCUT2D eigenvalue weighted by atomic mass is 10.1. The number of piperazine rings is 1. The van der Waals surface area contributed by atoms with Gasteiger partial charge < -0.3 is 19.3 Å². The van der Waals surface area contributed by atoms with Crippen LogP contribution in [0.5, 0.6) is 11.5 Å². The van der Waals surface area contributed by atoms with Gasteiger partial charge in [-0.3, -0.25) is 14.2 Å². The molecule has 1 fully saturated rings. The van der Waals surface area contributed by atoms with Gasteiger partial charge >= 0.3 is 0 Å². The molecule has 2 aromatic heterocycles. The van der Waals surface area contributed by atoms with Crippen molar-refractivity contribution in [3.8, 4) is 11.5 Å². The topological polar surface area (TPSA) is 89.8 Å². The molecule has 0 aliphatic carbocycles. The first-order chi connectivity index (χ1) is 14.5. The average molecular weight is 409 g/mol. The van der Waals surface area contributed by atoms with Crippen LogP contribution in [0, 0.1) is 0 Å². The van der Waals surface area contributed by atoms with E-state index in [1.165, 1.54) is 18.8 Å². The number of carbonyl (C=O) groups excluding carboxylic acids is 1. The summed E-state index contributed by atoms with van der Waals surface area (Å²) in [6.07, 6.45) is 1.64. The molecule has 1 amide bonds. The van der Waals surface area contributed by atoms with Gasteiger partial charge in [-0.05, 0) is 24.3 Å². The quantitative estimate of drug-likeness (QED) is 0.642. The van der Waals surface area contributed by atoms with Crippen molar-refractivity contribution in [1.29, 1.82) is 0 Å². The second-order valence-corrected chi connectivity index (χ2v) is 6.97. The van der Waals surface area contributed by atoms with E-state index < -0.39 is 0 Å². The minimum absolute atomic E-state index is 0.131. The fraction of sp³-hybridized carbons (Fsp3) is 0.333. The summed E-state index contributed by atoms with van der Waals surface area (Å²) in [5.74, 6) is 1.18. The third-order valence-electron chi connectivity index (χ3n) is 5.31. The second-order valence-electron chi connectivity index (χ2n) is 6.97. The first-order valence-electron chi connectivity index (χ1n) is 9.62. The van der Waals surface area contributed by atoms with Crippen molar-refractivity contribution < 1.29 is 14.3 Å². The van der Waals surface area contributed by atoms with E-state index in [2.05, 4.69) is 9.97 Å². The monoisotopic (exact) mass is 409 g/mol. The van der Waals surface area contributed by atoms with Gasteiger partial charge in [0.05, 0.1) is 19.8 Å². The predicted octanol–water partition coefficient (Wildman–Crippen LogP) is 1.31. The molecule has 0 radical (unpaired) electrons. The standard InChI is InChI=1S/C21H23N5O4/c1-24-18-15(7-5-9-22-18)23-19(21(24)28)25-10-12-26(13-11-25)20(27)14-6-4-8-16(29-2)17(14)30-3/h4-9H,10-13H2,1-3H3. The van der Waals surface area contributed by atoms with Crippen molar-refractivity contribution in [2.75, 3.05) is 45.3 Å². The number of amides is 1. The van der Waals surface area contributed by atoms with E-state index >= 15 is 0 Å². The van der Waals surface area contributed by atoms with Crippen molar-refractivity contribution in [3.63, 3.8) is 0 Å². The maximum absolute atomic E-state index is 13.1. The Morgan fingerprint density at radius 2 is 1.80 bits per heavy atom. The van der Waals surface area contributed by atoms with Crippen LogP contribution < -0.4 is 19.9 Å². The van der Waals surface area contributed by atoms with Crippen LogP contribution in [-0.2, 0) is 7.05 Å². The Labute approximate surface area is 173 Å². The molecule has 1 aliphatic heterocycles. The normalized spacial score (nSPS) is 14.1. The maximum Gasteiger partial charge on any atom is 0.294 e. The van der Waals surface area contributed by atoms with Crippen molar-refractivity contribution in [2.45, 2.75) is 0 Å². The lowest BCUT2D eigenvalue weighted by Crippen LogP contribution is -2.50. The summed E-state index contributed by atoms with van der Waals surface area (Å²) in [4.78, 5) is 38.3. The molecule has 4 rings (SSSR count). The summed E-state index contributed by atoms with van der Waals surface area (Å²) in [6.45, 7) is 1.95. The largest absolute Gasteiger partial charge is 0.493 e. The van der Waals surface area contributed by atoms with E-state index in [-0.39, 0.29) is 11.5 Å². The van der Waals surface area contributed by atoms with Gasteiger partial charge in [0.1, 0.15) is 5.52 Å². The number of nitrogens with zero attached hydrogens (tertiary/aromatic N) is 5. The third-order valence-corrected chi connectivity index (χ3v) is 5.31. The zero-order valence-corrected chi connectivity index (χ0v) is 17.2. The third kappa shape index (κ3) is 3.32. The van der Waals surface area contributed by atoms with Gasteiger partial charge in [-0.25, -0.2) is 9.97 Å². The van der Waals surface area contributed by atoms with E-state index in [0.717, 1.165) is 0 Å². The summed E-state index contributed by atoms with van der Waals surface area (Å²) >= 11 is 0. The van der Waals surface area contributed by atoms with E-state index in [9.17, 15) is 9.59 Å². The zero-order chi connectivity index (χ0) is 21.3. The molecule has 30 heavy (non-hydrogen) atoms. The van der Waals surface area contributed by atoms with Crippen molar-refractivity contribution in [3.05, 3.63) is 52.4 Å². The highest BCUT2D eigenvalue weighted by molar-refractivity contribution is 5.98. The number of hydrogen-bond acceptors (Lipinski definition) is 7. The van der Waals surface area contributed by atoms with Crippen LogP contribution in [0.15, 0.2) is 41.3 Å². The van der Waals surface area contributed by atoms with Crippen LogP contribution in [0.3, 0.4) is 0 Å². The Morgan fingerprint density at radius 3 is 2.50 bits per heavy atom. The number of methoxy groups -OCH3 is 2. The van der Waals surface area contributed by atoms with Gasteiger partial charge in [-0.1, -0.05) is 6.07 Å². The number of aryl methyl sites for hydroxylation is 1. The van der Waals surface area contributed by atoms with E-state index in [1.54, 1.807) is 42.4 Å². The molecule has 0 saturated carbocycles. The molecule has 0 bridgehead atoms. The van der Waals surface area contributed by atoms with Gasteiger partial charge in [0, 0.05) is 39.4 Å². The Bertz CT molecular complexity index is 1150. The van der Waals surface area contributed by atoms with Crippen LogP contribution in [-0.4, -0.2) is 65.7 Å². The van der Waals surface area contributed by atoms with Crippen LogP contribution in [0.4, 0.5) is 5.82 Å². The number of para-hydroxylation sites is 1. The first-order valence-corrected chi connectivity index (χ1v) is 9.62. The first kappa shape index (κ1) is 19.7. The molecule has 1 saturated heterocycles. The number of carbonyl (C=O) groups is 1. The summed E-state index contributed by atoms with van der Waals surface area (Å²) < 4.78 is 12.2. The number of anilines is 1. The van der Waals surface area contributed by atoms with Crippen LogP contribution >= 0.6 is 0 Å². The lowest BCUT2D eigenvalue weighted by Gasteiger charge is -2.35. The SMILES string of the molecule is COc1cccc(C(=O)N2CCN(c3nc4cccnc4n(C)c3=O)CC2)c1OC. The number of benzene rings is 1. The highest BCUT2D eigenvalue weighted by Crippen LogP contribution is 2.31. The Hall–Kier alpha value is -3.62. The molecule has 1 aromatic carbocycles. The summed E-state index contributed by atoms with van der Waals surface area (Å²) in [6, 6.07) is 8.87. The summed E-state index contributed by atoms with van der Waals surface area (Å²) in [5.41, 5.74) is 1.46. The number of fused-ring (bicyclic) bond motifs is 1. The van der Waals surface area contributed by atoms with Gasteiger partial charge in [0.2, 0.25) is 0 Å². The molecule has 0 spiro atoms. The molecule has 0 N–H and O–H groups in total. The van der Waals surface area contributed by atoms with Crippen LogP contribution in [0.25, 0.3) is 11.2 Å². The molecule has 3 aromatic rings. The van der Waals surface area contributed by atoms with Crippen LogP contribution in [0.1, 0.15) is 10.4 Å². The number of ether oxygens (including phenoxy) is 2. The molecule has 9 heteroatoms. The number of pyridine rings is 1. The average Bonchev–Trinajstić information content (AvgIpc) is 2.80. The number of aromatic nitrogens is 3. The molecular formula is C21H23N5O4. The molecule has 156 valence electrons. The molecule has 9 nitrogen and oxygen atoms in total. The minimum atomic E-state index is -0.199. The smallest absolute Gasteiger partial charge is 0.294 e. The minimum Gasteiger partial charge on any atom is -0.493 e. The highest BCUT2D eigenvalue weighted by Gasteiger charge is 2.27. The van der Waals surface area contributed by atoms with Gasteiger partial charge in [0.15, 0.2) is 23.0 Å². The van der Waals surface area contributed by atoms with Gasteiger partial charge in [-0.2, -0.15) is 0 Å². The molecule has 0 atom stereocenters. The van der Waals surface area contributed by atoms with Crippen molar-refractivity contribution in [2.24, 2.45) is 7.05 Å². The molecule has 0 unspecified atom stereocenters. The number of rotatable bonds is 4. The number of hydrogen-bond donors (Lipinski definition) is 0. The fourth-order valence-electron chi connectivity index (χ4n) is 3.70. The Kier molecular flexibility index (Phi) is 5.26. The van der Waals surface area contributed by atoms with Crippen molar-refractivity contribution in [1.82, 2.24) is 19.4 Å². The molecule has 3 heterocycles. The Balaban J connectivity index is 1.55. The lowest BCUT2D eigenvalue weighted by molar-refractivity contribution is 0.0742. The van der Waals surface area contributed by atoms with Crippen molar-refractivity contribution >= 4 is 22.9 Å². The van der Waals surface area contributed by atoms with Crippen LogP contribution in [0.2, 0.25) is 0 Å². The second kappa shape index (κ2) is 8.02. The fourth-order valence-corrected chi connectivity index (χ4v) is 3.70. The van der Waals surface area contributed by atoms with E-state index in [1.807, 2.05) is 11.0 Å².